The van der Waals surface area contributed by atoms with Crippen LogP contribution in [0.2, 0.25) is 0 Å². The number of hydrogen-bond acceptors (Lipinski definition) is 8. The predicted molar refractivity (Wildman–Crippen MR) is 72.9 cm³/mol. The van der Waals surface area contributed by atoms with Crippen molar-refractivity contribution in [3.63, 3.8) is 0 Å². The van der Waals surface area contributed by atoms with Crippen molar-refractivity contribution < 1.29 is 18.1 Å². The zero-order chi connectivity index (χ0) is 14.8. The lowest BCUT2D eigenvalue weighted by molar-refractivity contribution is -0.383. The van der Waals surface area contributed by atoms with Crippen molar-refractivity contribution in [2.45, 2.75) is 10.6 Å². The highest BCUT2D eigenvalue weighted by Gasteiger charge is 2.27. The number of thiophene rings is 1. The van der Waals surface area contributed by atoms with Gasteiger partial charge in [0.15, 0.2) is 5.00 Å². The van der Waals surface area contributed by atoms with Gasteiger partial charge in [0.1, 0.15) is 4.21 Å². The van der Waals surface area contributed by atoms with Crippen LogP contribution in [0.15, 0.2) is 10.3 Å². The fraction of sp³-hybridized carbons (Fsp3) is 0.556. The van der Waals surface area contributed by atoms with Crippen molar-refractivity contribution in [2.24, 2.45) is 11.8 Å². The summed E-state index contributed by atoms with van der Waals surface area (Å²) < 4.78 is 31.6. The minimum atomic E-state index is -3.78. The van der Waals surface area contributed by atoms with E-state index in [1.54, 1.807) is 0 Å². The average Bonchev–Trinajstić information content (AvgIpc) is 3.05. The maximum absolute atomic E-state index is 12.1. The first-order chi connectivity index (χ1) is 9.44. The first kappa shape index (κ1) is 15.1. The maximum atomic E-state index is 12.1. The molecule has 0 saturated carbocycles. The summed E-state index contributed by atoms with van der Waals surface area (Å²) in [5.74, 6) is 5.27. The number of anilines is 1. The molecule has 2 rings (SSSR count). The SMILES string of the molecule is NNc1sc(S(=O)(=O)NCC2CCOC2)cc1[N+](=O)[O-]. The molecule has 0 aliphatic carbocycles. The van der Waals surface area contributed by atoms with Crippen LogP contribution in [-0.2, 0) is 14.8 Å². The molecule has 0 amide bonds. The number of nitro groups is 1. The Labute approximate surface area is 119 Å². The molecule has 1 aliphatic heterocycles. The van der Waals surface area contributed by atoms with Gasteiger partial charge in [0.05, 0.1) is 11.5 Å². The lowest BCUT2D eigenvalue weighted by Crippen LogP contribution is -2.29. The molecule has 1 atom stereocenters. The third-order valence-corrected chi connectivity index (χ3v) is 5.82. The molecule has 1 unspecified atom stereocenters. The van der Waals surface area contributed by atoms with Gasteiger partial charge >= 0.3 is 5.69 Å². The Bertz CT molecular complexity index is 593. The number of nitrogens with one attached hydrogen (secondary N) is 2. The highest BCUT2D eigenvalue weighted by Crippen LogP contribution is 2.36. The molecule has 1 fully saturated rings. The molecule has 0 spiro atoms. The lowest BCUT2D eigenvalue weighted by Gasteiger charge is -2.08. The molecule has 11 heteroatoms. The first-order valence-electron chi connectivity index (χ1n) is 5.76. The molecule has 0 aromatic carbocycles. The van der Waals surface area contributed by atoms with Crippen LogP contribution in [-0.4, -0.2) is 33.1 Å². The van der Waals surface area contributed by atoms with E-state index < -0.39 is 14.9 Å². The van der Waals surface area contributed by atoms with E-state index in [2.05, 4.69) is 10.1 Å². The van der Waals surface area contributed by atoms with Crippen LogP contribution in [0.25, 0.3) is 0 Å². The molecular weight excluding hydrogens is 308 g/mol. The number of hydrazine groups is 1. The fourth-order valence-electron chi connectivity index (χ4n) is 1.77. The van der Waals surface area contributed by atoms with Crippen molar-refractivity contribution in [2.75, 3.05) is 25.2 Å². The van der Waals surface area contributed by atoms with E-state index >= 15 is 0 Å². The van der Waals surface area contributed by atoms with Gasteiger partial charge in [-0.25, -0.2) is 19.0 Å². The molecular formula is C9H14N4O5S2. The van der Waals surface area contributed by atoms with Crippen molar-refractivity contribution in [1.82, 2.24) is 4.72 Å². The van der Waals surface area contributed by atoms with Crippen molar-refractivity contribution in [3.05, 3.63) is 16.2 Å². The Kier molecular flexibility index (Phi) is 4.55. The van der Waals surface area contributed by atoms with Gasteiger partial charge < -0.3 is 10.2 Å². The highest BCUT2D eigenvalue weighted by molar-refractivity contribution is 7.91. The minimum Gasteiger partial charge on any atom is -0.381 e. The zero-order valence-corrected chi connectivity index (χ0v) is 12.0. The molecule has 9 nitrogen and oxygen atoms in total. The predicted octanol–water partition coefficient (Wildman–Crippen LogP) is 0.257. The summed E-state index contributed by atoms with van der Waals surface area (Å²) in [6.45, 7) is 1.39. The molecule has 0 radical (unpaired) electrons. The largest absolute Gasteiger partial charge is 0.381 e. The zero-order valence-electron chi connectivity index (χ0n) is 10.4. The summed E-state index contributed by atoms with van der Waals surface area (Å²) in [5.41, 5.74) is 1.77. The number of nitrogens with two attached hydrogens (primary N) is 1. The first-order valence-corrected chi connectivity index (χ1v) is 8.06. The fourth-order valence-corrected chi connectivity index (χ4v) is 4.17. The second kappa shape index (κ2) is 6.01. The summed E-state index contributed by atoms with van der Waals surface area (Å²) >= 11 is 0.718. The quantitative estimate of drug-likeness (QED) is 0.388. The molecule has 20 heavy (non-hydrogen) atoms. The summed E-state index contributed by atoms with van der Waals surface area (Å²) in [7, 11) is -3.78. The third kappa shape index (κ3) is 3.24. The van der Waals surface area contributed by atoms with Crippen LogP contribution in [0.1, 0.15) is 6.42 Å². The van der Waals surface area contributed by atoms with E-state index in [0.29, 0.717) is 13.2 Å². The molecule has 4 N–H and O–H groups in total. The maximum Gasteiger partial charge on any atom is 0.306 e. The minimum absolute atomic E-state index is 0.000394. The topological polar surface area (TPSA) is 137 Å². The Hall–Kier alpha value is -1.27. The van der Waals surface area contributed by atoms with Crippen LogP contribution in [0.3, 0.4) is 0 Å². The molecule has 1 aromatic heterocycles. The van der Waals surface area contributed by atoms with Crippen molar-refractivity contribution >= 4 is 32.0 Å². The summed E-state index contributed by atoms with van der Waals surface area (Å²) in [5, 5.41) is 10.8. The summed E-state index contributed by atoms with van der Waals surface area (Å²) in [6, 6.07) is 0.993. The normalized spacial score (nSPS) is 19.1. The van der Waals surface area contributed by atoms with Gasteiger partial charge in [-0.15, -0.1) is 0 Å². The van der Waals surface area contributed by atoms with Crippen LogP contribution in [0.4, 0.5) is 10.7 Å². The second-order valence-corrected chi connectivity index (χ2v) is 7.31. The Balaban J connectivity index is 2.14. The average molecular weight is 322 g/mol. The van der Waals surface area contributed by atoms with Gasteiger partial charge in [0.25, 0.3) is 0 Å². The summed E-state index contributed by atoms with van der Waals surface area (Å²) in [6.07, 6.45) is 0.794. The van der Waals surface area contributed by atoms with Crippen LogP contribution < -0.4 is 16.0 Å². The van der Waals surface area contributed by atoms with Gasteiger partial charge in [-0.3, -0.25) is 10.1 Å². The van der Waals surface area contributed by atoms with Gasteiger partial charge in [0.2, 0.25) is 10.0 Å². The molecule has 1 saturated heterocycles. The van der Waals surface area contributed by atoms with E-state index in [-0.39, 0.29) is 27.4 Å². The van der Waals surface area contributed by atoms with Crippen LogP contribution in [0.5, 0.6) is 0 Å². The van der Waals surface area contributed by atoms with Crippen molar-refractivity contribution in [3.8, 4) is 0 Å². The van der Waals surface area contributed by atoms with Gasteiger partial charge in [-0.05, 0) is 12.3 Å². The standard InChI is InChI=1S/C9H14N4O5S2/c10-12-9-7(13(14)15)3-8(19-9)20(16,17)11-4-6-1-2-18-5-6/h3,6,11-12H,1-2,4-5,10H2. The van der Waals surface area contributed by atoms with Crippen LogP contribution in [0, 0.1) is 16.0 Å². The number of nitrogen functional groups attached to an aromatic ring is 1. The Morgan fingerprint density at radius 1 is 1.60 bits per heavy atom. The second-order valence-electron chi connectivity index (χ2n) is 4.26. The molecule has 1 aromatic rings. The molecule has 0 bridgehead atoms. The number of sulfonamides is 1. The van der Waals surface area contributed by atoms with Crippen LogP contribution >= 0.6 is 11.3 Å². The van der Waals surface area contributed by atoms with E-state index in [0.717, 1.165) is 23.8 Å². The molecule has 1 aliphatic rings. The Morgan fingerprint density at radius 2 is 2.35 bits per heavy atom. The lowest BCUT2D eigenvalue weighted by atomic mass is 10.1. The van der Waals surface area contributed by atoms with Gasteiger partial charge in [0, 0.05) is 19.2 Å². The number of hydrogen-bond donors (Lipinski definition) is 3. The number of rotatable bonds is 6. The van der Waals surface area contributed by atoms with E-state index in [9.17, 15) is 18.5 Å². The molecule has 2 heterocycles. The number of nitrogens with zero attached hydrogens (tertiary/aromatic N) is 1. The van der Waals surface area contributed by atoms with E-state index in [1.807, 2.05) is 0 Å². The molecule has 112 valence electrons. The highest BCUT2D eigenvalue weighted by atomic mass is 32.2. The van der Waals surface area contributed by atoms with E-state index in [4.69, 9.17) is 10.6 Å². The summed E-state index contributed by atoms with van der Waals surface area (Å²) in [4.78, 5) is 10.1. The Morgan fingerprint density at radius 3 is 2.85 bits per heavy atom. The van der Waals surface area contributed by atoms with Gasteiger partial charge in [-0.1, -0.05) is 11.3 Å². The third-order valence-electron chi connectivity index (χ3n) is 2.87. The van der Waals surface area contributed by atoms with E-state index in [1.165, 1.54) is 0 Å². The van der Waals surface area contributed by atoms with Gasteiger partial charge in [-0.2, -0.15) is 0 Å². The monoisotopic (exact) mass is 322 g/mol. The smallest absolute Gasteiger partial charge is 0.306 e. The van der Waals surface area contributed by atoms with Crippen molar-refractivity contribution in [1.29, 1.82) is 0 Å². The number of ether oxygens (including phenoxy) is 1.